The number of hydrogen-bond acceptors (Lipinski definition) is 2. The molecule has 0 aliphatic carbocycles. The zero-order valence-corrected chi connectivity index (χ0v) is 11.8. The van der Waals surface area contributed by atoms with E-state index in [1.807, 2.05) is 0 Å². The van der Waals surface area contributed by atoms with Crippen LogP contribution in [0.2, 0.25) is 0 Å². The zero-order valence-electron chi connectivity index (χ0n) is 11.8. The maximum Gasteiger partial charge on any atom is 0.0909 e. The molecule has 0 aromatic rings. The highest BCUT2D eigenvalue weighted by atomic mass is 15.3. The molecule has 0 spiro atoms. The van der Waals surface area contributed by atoms with Crippen molar-refractivity contribution in [3.63, 3.8) is 0 Å². The number of hydrogen-bond donors (Lipinski definition) is 1. The van der Waals surface area contributed by atoms with Gasteiger partial charge in [0.05, 0.1) is 27.7 Å². The van der Waals surface area contributed by atoms with Gasteiger partial charge in [0.1, 0.15) is 0 Å². The van der Waals surface area contributed by atoms with Crippen LogP contribution in [0.3, 0.4) is 0 Å². The molecule has 96 valence electrons. The molecule has 0 aromatic heterocycles. The highest BCUT2D eigenvalue weighted by Gasteiger charge is 2.21. The SMILES string of the molecule is CC(C)N(CC[N+](C)(C)C)CC1CCCN1. The van der Waals surface area contributed by atoms with Crippen LogP contribution in [-0.2, 0) is 0 Å². The van der Waals surface area contributed by atoms with Crippen molar-refractivity contribution >= 4 is 0 Å². The number of rotatable bonds is 6. The van der Waals surface area contributed by atoms with E-state index in [1.54, 1.807) is 0 Å². The predicted octanol–water partition coefficient (Wildman–Crippen LogP) is 1.16. The highest BCUT2D eigenvalue weighted by Crippen LogP contribution is 2.09. The highest BCUT2D eigenvalue weighted by molar-refractivity contribution is 4.79. The topological polar surface area (TPSA) is 15.3 Å². The van der Waals surface area contributed by atoms with Gasteiger partial charge in [0.2, 0.25) is 0 Å². The fourth-order valence-corrected chi connectivity index (χ4v) is 2.18. The number of nitrogens with zero attached hydrogens (tertiary/aromatic N) is 2. The summed E-state index contributed by atoms with van der Waals surface area (Å²) in [5, 5.41) is 3.59. The standard InChI is InChI=1S/C13H30N3/c1-12(2)15(9-10-16(3,4)5)11-13-7-6-8-14-13/h12-14H,6-11H2,1-5H3/q+1. The quantitative estimate of drug-likeness (QED) is 0.686. The summed E-state index contributed by atoms with van der Waals surface area (Å²) in [5.41, 5.74) is 0. The molecule has 1 fully saturated rings. The summed E-state index contributed by atoms with van der Waals surface area (Å²) >= 11 is 0. The summed E-state index contributed by atoms with van der Waals surface area (Å²) in [5.74, 6) is 0. The third-order valence-corrected chi connectivity index (χ3v) is 3.41. The van der Waals surface area contributed by atoms with Gasteiger partial charge in [0, 0.05) is 25.2 Å². The van der Waals surface area contributed by atoms with Gasteiger partial charge in [0.25, 0.3) is 0 Å². The van der Waals surface area contributed by atoms with Gasteiger partial charge in [0.15, 0.2) is 0 Å². The van der Waals surface area contributed by atoms with Gasteiger partial charge < -0.3 is 9.80 Å². The van der Waals surface area contributed by atoms with Gasteiger partial charge in [-0.15, -0.1) is 0 Å². The molecule has 1 heterocycles. The smallest absolute Gasteiger partial charge is 0.0909 e. The summed E-state index contributed by atoms with van der Waals surface area (Å²) in [6.45, 7) is 9.49. The third-order valence-electron chi connectivity index (χ3n) is 3.41. The molecule has 3 nitrogen and oxygen atoms in total. The largest absolute Gasteiger partial charge is 0.330 e. The Labute approximate surface area is 101 Å². The fourth-order valence-electron chi connectivity index (χ4n) is 2.18. The molecule has 1 unspecified atom stereocenters. The minimum Gasteiger partial charge on any atom is -0.330 e. The molecule has 0 saturated carbocycles. The number of likely N-dealkylation sites (N-methyl/N-ethyl adjacent to an activating group) is 1. The van der Waals surface area contributed by atoms with Crippen molar-refractivity contribution < 1.29 is 4.48 Å². The minimum atomic E-state index is 0.661. The second-order valence-electron chi connectivity index (χ2n) is 6.40. The van der Waals surface area contributed by atoms with Crippen LogP contribution in [0.4, 0.5) is 0 Å². The average Bonchev–Trinajstić information content (AvgIpc) is 2.62. The van der Waals surface area contributed by atoms with Crippen LogP contribution >= 0.6 is 0 Å². The first-order valence-electron chi connectivity index (χ1n) is 6.66. The normalized spacial score (nSPS) is 22.3. The average molecular weight is 228 g/mol. The molecule has 1 N–H and O–H groups in total. The van der Waals surface area contributed by atoms with E-state index in [1.165, 1.54) is 39.0 Å². The van der Waals surface area contributed by atoms with E-state index in [0.29, 0.717) is 6.04 Å². The summed E-state index contributed by atoms with van der Waals surface area (Å²) < 4.78 is 1.06. The first-order chi connectivity index (χ1) is 7.38. The van der Waals surface area contributed by atoms with Crippen LogP contribution < -0.4 is 5.32 Å². The van der Waals surface area contributed by atoms with Crippen molar-refractivity contribution in [1.82, 2.24) is 10.2 Å². The Morgan fingerprint density at radius 2 is 2.00 bits per heavy atom. The molecule has 1 aliphatic rings. The Kier molecular flexibility index (Phi) is 5.22. The lowest BCUT2D eigenvalue weighted by Gasteiger charge is -2.32. The molecule has 0 radical (unpaired) electrons. The molecule has 0 amide bonds. The first kappa shape index (κ1) is 13.9. The van der Waals surface area contributed by atoms with Crippen molar-refractivity contribution in [1.29, 1.82) is 0 Å². The molecule has 0 aromatic carbocycles. The van der Waals surface area contributed by atoms with Crippen LogP contribution in [0.1, 0.15) is 26.7 Å². The summed E-state index contributed by atoms with van der Waals surface area (Å²) in [6.07, 6.45) is 2.71. The second-order valence-corrected chi connectivity index (χ2v) is 6.40. The van der Waals surface area contributed by atoms with E-state index >= 15 is 0 Å². The van der Waals surface area contributed by atoms with Gasteiger partial charge in [-0.3, -0.25) is 4.90 Å². The van der Waals surface area contributed by atoms with E-state index in [0.717, 1.165) is 10.5 Å². The van der Waals surface area contributed by atoms with Gasteiger partial charge in [-0.25, -0.2) is 0 Å². The maximum absolute atomic E-state index is 3.59. The monoisotopic (exact) mass is 228 g/mol. The van der Waals surface area contributed by atoms with Crippen LogP contribution in [0.25, 0.3) is 0 Å². The lowest BCUT2D eigenvalue weighted by molar-refractivity contribution is -0.869. The Balaban J connectivity index is 2.35. The lowest BCUT2D eigenvalue weighted by atomic mass is 10.2. The van der Waals surface area contributed by atoms with E-state index in [4.69, 9.17) is 0 Å². The molecule has 1 atom stereocenters. The number of nitrogens with one attached hydrogen (secondary N) is 1. The van der Waals surface area contributed by atoms with Gasteiger partial charge in [-0.05, 0) is 33.2 Å². The maximum atomic E-state index is 3.59. The number of quaternary nitrogens is 1. The van der Waals surface area contributed by atoms with Gasteiger partial charge >= 0.3 is 0 Å². The zero-order chi connectivity index (χ0) is 12.2. The summed E-state index contributed by atoms with van der Waals surface area (Å²) in [7, 11) is 6.81. The third kappa shape index (κ3) is 5.28. The van der Waals surface area contributed by atoms with E-state index in [2.05, 4.69) is 45.2 Å². The van der Waals surface area contributed by atoms with Crippen molar-refractivity contribution in [2.75, 3.05) is 47.3 Å². The van der Waals surface area contributed by atoms with Crippen molar-refractivity contribution in [3.8, 4) is 0 Å². The van der Waals surface area contributed by atoms with E-state index in [-0.39, 0.29) is 0 Å². The van der Waals surface area contributed by atoms with E-state index in [9.17, 15) is 0 Å². The van der Waals surface area contributed by atoms with Gasteiger partial charge in [-0.1, -0.05) is 0 Å². The second kappa shape index (κ2) is 5.99. The van der Waals surface area contributed by atoms with Crippen molar-refractivity contribution in [2.45, 2.75) is 38.8 Å². The van der Waals surface area contributed by atoms with Crippen LogP contribution in [0.15, 0.2) is 0 Å². The molecular formula is C13H30N3+. The molecule has 16 heavy (non-hydrogen) atoms. The van der Waals surface area contributed by atoms with Crippen LogP contribution in [0, 0.1) is 0 Å². The van der Waals surface area contributed by atoms with Crippen LogP contribution in [-0.4, -0.2) is 68.8 Å². The molecule has 1 aliphatic heterocycles. The molecular weight excluding hydrogens is 198 g/mol. The summed E-state index contributed by atoms with van der Waals surface area (Å²) in [4.78, 5) is 2.62. The lowest BCUT2D eigenvalue weighted by Crippen LogP contribution is -2.47. The first-order valence-corrected chi connectivity index (χ1v) is 6.66. The van der Waals surface area contributed by atoms with Crippen molar-refractivity contribution in [2.24, 2.45) is 0 Å². The van der Waals surface area contributed by atoms with E-state index < -0.39 is 0 Å². The predicted molar refractivity (Wildman–Crippen MR) is 70.6 cm³/mol. The Morgan fingerprint density at radius 3 is 2.44 bits per heavy atom. The Hall–Kier alpha value is -0.120. The molecule has 0 bridgehead atoms. The van der Waals surface area contributed by atoms with Crippen molar-refractivity contribution in [3.05, 3.63) is 0 Å². The van der Waals surface area contributed by atoms with Crippen LogP contribution in [0.5, 0.6) is 0 Å². The Morgan fingerprint density at radius 1 is 1.31 bits per heavy atom. The van der Waals surface area contributed by atoms with Gasteiger partial charge in [-0.2, -0.15) is 0 Å². The fraction of sp³-hybridized carbons (Fsp3) is 1.00. The molecule has 1 saturated heterocycles. The Bertz CT molecular complexity index is 190. The summed E-state index contributed by atoms with van der Waals surface area (Å²) in [6, 6.07) is 1.39. The molecule has 1 rings (SSSR count). The molecule has 3 heteroatoms. The minimum absolute atomic E-state index is 0.661.